The van der Waals surface area contributed by atoms with E-state index >= 15 is 0 Å². The van der Waals surface area contributed by atoms with E-state index in [1.165, 1.54) is 0 Å². The van der Waals surface area contributed by atoms with Gasteiger partial charge in [0.25, 0.3) is 0 Å². The van der Waals surface area contributed by atoms with E-state index in [0.29, 0.717) is 13.0 Å². The smallest absolute Gasteiger partial charge is 0.343 e. The maximum atomic E-state index is 12.1. The fourth-order valence-corrected chi connectivity index (χ4v) is 2.86. The van der Waals surface area contributed by atoms with Gasteiger partial charge in [-0.25, -0.2) is 0 Å². The highest BCUT2D eigenvalue weighted by Gasteiger charge is 2.25. The van der Waals surface area contributed by atoms with Crippen LogP contribution in [-0.4, -0.2) is 38.0 Å². The predicted octanol–water partition coefficient (Wildman–Crippen LogP) is 0.783. The first-order valence-electron chi connectivity index (χ1n) is 6.60. The van der Waals surface area contributed by atoms with Crippen LogP contribution < -0.4 is 16.8 Å². The number of nitrogens with one attached hydrogen (secondary N) is 1. The number of hydrogen-bond donors (Lipinski definition) is 3. The van der Waals surface area contributed by atoms with Gasteiger partial charge in [-0.15, -0.1) is 0 Å². The second-order valence-electron chi connectivity index (χ2n) is 4.04. The van der Waals surface area contributed by atoms with Crippen LogP contribution in [-0.2, 0) is 18.4 Å². The van der Waals surface area contributed by atoms with Crippen LogP contribution in [0.2, 0.25) is 0 Å². The molecule has 19 heavy (non-hydrogen) atoms. The number of unbranched alkanes of at least 4 members (excludes halogenated alkanes) is 1. The van der Waals surface area contributed by atoms with Gasteiger partial charge in [-0.2, -0.15) is 0 Å². The molecule has 0 saturated heterocycles. The van der Waals surface area contributed by atoms with Crippen LogP contribution >= 0.6 is 7.60 Å². The van der Waals surface area contributed by atoms with Gasteiger partial charge in [0.2, 0.25) is 5.91 Å². The highest BCUT2D eigenvalue weighted by Crippen LogP contribution is 2.46. The van der Waals surface area contributed by atoms with Gasteiger partial charge in [0.1, 0.15) is 6.29 Å². The molecule has 5 N–H and O–H groups in total. The molecule has 0 rings (SSSR count). The van der Waals surface area contributed by atoms with E-state index in [2.05, 4.69) is 5.32 Å². The van der Waals surface area contributed by atoms with Crippen LogP contribution in [0.4, 0.5) is 0 Å². The Balaban J connectivity index is 4.13. The normalized spacial score (nSPS) is 13.3. The lowest BCUT2D eigenvalue weighted by atomic mass is 10.1. The van der Waals surface area contributed by atoms with Gasteiger partial charge >= 0.3 is 7.60 Å². The summed E-state index contributed by atoms with van der Waals surface area (Å²) in [6.07, 6.45) is 2.02. The van der Waals surface area contributed by atoms with Crippen LogP contribution in [0.5, 0.6) is 0 Å². The maximum absolute atomic E-state index is 12.1. The van der Waals surface area contributed by atoms with Gasteiger partial charge in [-0.05, 0) is 33.2 Å². The van der Waals surface area contributed by atoms with E-state index in [9.17, 15) is 9.36 Å². The molecular formula is C11H26N3O4P. The van der Waals surface area contributed by atoms with Gasteiger partial charge in [-0.3, -0.25) is 9.36 Å². The summed E-state index contributed by atoms with van der Waals surface area (Å²) in [5, 5.41) is 2.51. The topological polar surface area (TPSA) is 117 Å². The van der Waals surface area contributed by atoms with E-state index in [1.54, 1.807) is 13.8 Å². The van der Waals surface area contributed by atoms with Crippen LogP contribution in [0.3, 0.4) is 0 Å². The Morgan fingerprint density at radius 1 is 1.26 bits per heavy atom. The lowest BCUT2D eigenvalue weighted by Gasteiger charge is -2.18. The molecule has 0 aliphatic carbocycles. The first-order chi connectivity index (χ1) is 8.99. The molecule has 0 radical (unpaired) electrons. The third kappa shape index (κ3) is 8.34. The SMILES string of the molecule is CCOP(=O)(CNC(=O)[C@@H](N)CCCCN)OCC. The summed E-state index contributed by atoms with van der Waals surface area (Å²) >= 11 is 0. The summed E-state index contributed by atoms with van der Waals surface area (Å²) in [6.45, 7) is 4.53. The summed E-state index contributed by atoms with van der Waals surface area (Å²) in [4.78, 5) is 11.7. The Kier molecular flexibility index (Phi) is 10.1. The third-order valence-corrected chi connectivity index (χ3v) is 4.25. The zero-order valence-electron chi connectivity index (χ0n) is 11.8. The molecule has 0 saturated carbocycles. The summed E-state index contributed by atoms with van der Waals surface area (Å²) in [5.74, 6) is -0.350. The van der Waals surface area contributed by atoms with Gasteiger partial charge in [-0.1, -0.05) is 6.42 Å². The lowest BCUT2D eigenvalue weighted by Crippen LogP contribution is -2.41. The molecule has 114 valence electrons. The minimum atomic E-state index is -3.25. The molecule has 0 aromatic heterocycles. The van der Waals surface area contributed by atoms with Crippen molar-refractivity contribution < 1.29 is 18.4 Å². The molecule has 0 unspecified atom stereocenters. The van der Waals surface area contributed by atoms with Crippen molar-refractivity contribution in [3.05, 3.63) is 0 Å². The summed E-state index contributed by atoms with van der Waals surface area (Å²) < 4.78 is 22.2. The fraction of sp³-hybridized carbons (Fsp3) is 0.909. The van der Waals surface area contributed by atoms with Crippen molar-refractivity contribution in [1.29, 1.82) is 0 Å². The molecule has 1 amide bonds. The Morgan fingerprint density at radius 3 is 2.32 bits per heavy atom. The second-order valence-corrected chi connectivity index (χ2v) is 6.09. The standard InChI is InChI=1S/C11H26N3O4P/c1-3-17-19(16,18-4-2)9-14-11(15)10(13)7-5-6-8-12/h10H,3-9,12-13H2,1-2H3,(H,14,15)/t10-/m0/s1. The van der Waals surface area contributed by atoms with Crippen LogP contribution in [0.15, 0.2) is 0 Å². The number of carbonyl (C=O) groups is 1. The van der Waals surface area contributed by atoms with Crippen molar-refractivity contribution >= 4 is 13.5 Å². The molecule has 7 nitrogen and oxygen atoms in total. The van der Waals surface area contributed by atoms with Crippen molar-refractivity contribution in [3.63, 3.8) is 0 Å². The molecule has 0 fully saturated rings. The van der Waals surface area contributed by atoms with E-state index < -0.39 is 13.6 Å². The quantitative estimate of drug-likeness (QED) is 0.383. The van der Waals surface area contributed by atoms with Crippen molar-refractivity contribution in [2.45, 2.75) is 39.2 Å². The Hall–Kier alpha value is -0.460. The highest BCUT2D eigenvalue weighted by atomic mass is 31.2. The van der Waals surface area contributed by atoms with Crippen molar-refractivity contribution in [1.82, 2.24) is 5.32 Å². The van der Waals surface area contributed by atoms with Gasteiger partial charge in [0.05, 0.1) is 19.3 Å². The minimum absolute atomic E-state index is 0.155. The zero-order chi connectivity index (χ0) is 14.7. The summed E-state index contributed by atoms with van der Waals surface area (Å²) in [7, 11) is -3.25. The second kappa shape index (κ2) is 10.3. The predicted molar refractivity (Wildman–Crippen MR) is 74.7 cm³/mol. The van der Waals surface area contributed by atoms with E-state index in [0.717, 1.165) is 12.8 Å². The van der Waals surface area contributed by atoms with Crippen LogP contribution in [0, 0.1) is 0 Å². The monoisotopic (exact) mass is 295 g/mol. The molecule has 0 bridgehead atoms. The van der Waals surface area contributed by atoms with Gasteiger partial charge in [0.15, 0.2) is 0 Å². The minimum Gasteiger partial charge on any atom is -0.343 e. The van der Waals surface area contributed by atoms with Crippen LogP contribution in [0.1, 0.15) is 33.1 Å². The first kappa shape index (κ1) is 18.5. The van der Waals surface area contributed by atoms with Crippen molar-refractivity contribution in [2.24, 2.45) is 11.5 Å². The molecular weight excluding hydrogens is 269 g/mol. The molecule has 0 spiro atoms. The zero-order valence-corrected chi connectivity index (χ0v) is 12.7. The lowest BCUT2D eigenvalue weighted by molar-refractivity contribution is -0.122. The number of rotatable bonds is 11. The van der Waals surface area contributed by atoms with E-state index in [-0.39, 0.29) is 25.4 Å². The Morgan fingerprint density at radius 2 is 1.84 bits per heavy atom. The van der Waals surface area contributed by atoms with Gasteiger partial charge in [0, 0.05) is 0 Å². The molecule has 0 aromatic rings. The van der Waals surface area contributed by atoms with Gasteiger partial charge < -0.3 is 25.8 Å². The maximum Gasteiger partial charge on any atom is 0.349 e. The van der Waals surface area contributed by atoms with E-state index in [1.807, 2.05) is 0 Å². The number of amides is 1. The number of carbonyl (C=O) groups excluding carboxylic acids is 1. The average molecular weight is 295 g/mol. The largest absolute Gasteiger partial charge is 0.349 e. The molecule has 1 atom stereocenters. The fourth-order valence-electron chi connectivity index (χ4n) is 1.47. The molecule has 0 aromatic carbocycles. The molecule has 0 aliphatic heterocycles. The third-order valence-electron chi connectivity index (χ3n) is 2.40. The molecule has 0 heterocycles. The number of hydrogen-bond acceptors (Lipinski definition) is 6. The Labute approximate surface area is 114 Å². The highest BCUT2D eigenvalue weighted by molar-refractivity contribution is 7.53. The van der Waals surface area contributed by atoms with Crippen molar-refractivity contribution in [3.8, 4) is 0 Å². The van der Waals surface area contributed by atoms with E-state index in [4.69, 9.17) is 20.5 Å². The average Bonchev–Trinajstić information content (AvgIpc) is 2.37. The van der Waals surface area contributed by atoms with Crippen LogP contribution in [0.25, 0.3) is 0 Å². The summed E-state index contributed by atoms with van der Waals surface area (Å²) in [5.41, 5.74) is 11.1. The molecule has 8 heteroatoms. The molecule has 0 aliphatic rings. The first-order valence-corrected chi connectivity index (χ1v) is 8.33. The Bertz CT molecular complexity index is 292. The summed E-state index contributed by atoms with van der Waals surface area (Å²) in [6, 6.07) is -0.622. The van der Waals surface area contributed by atoms with Crippen molar-refractivity contribution in [2.75, 3.05) is 26.0 Å². The number of nitrogens with two attached hydrogens (primary N) is 2.